The summed E-state index contributed by atoms with van der Waals surface area (Å²) >= 11 is 4.61. The van der Waals surface area contributed by atoms with Gasteiger partial charge in [0.05, 0.1) is 25.4 Å². The summed E-state index contributed by atoms with van der Waals surface area (Å²) in [5.74, 6) is 0.0812. The van der Waals surface area contributed by atoms with Crippen LogP contribution in [0.15, 0.2) is 18.2 Å². The van der Waals surface area contributed by atoms with Crippen LogP contribution >= 0.6 is 12.2 Å². The fourth-order valence-electron chi connectivity index (χ4n) is 1.53. The molecule has 0 saturated carbocycles. The monoisotopic (exact) mass is 323 g/mol. The molecule has 2 N–H and O–H groups in total. The van der Waals surface area contributed by atoms with E-state index < -0.39 is 11.7 Å². The summed E-state index contributed by atoms with van der Waals surface area (Å²) in [6.45, 7) is 1.23. The largest absolute Gasteiger partial charge is 0.491 e. The number of thiocarbonyl (C=S) groups is 1. The van der Waals surface area contributed by atoms with Gasteiger partial charge in [0.25, 0.3) is 0 Å². The highest BCUT2D eigenvalue weighted by Crippen LogP contribution is 2.34. The lowest BCUT2D eigenvalue weighted by Crippen LogP contribution is -2.18. The highest BCUT2D eigenvalue weighted by Gasteiger charge is 2.34. The van der Waals surface area contributed by atoms with Gasteiger partial charge in [0.15, 0.2) is 0 Å². The highest BCUT2D eigenvalue weighted by molar-refractivity contribution is 7.80. The lowest BCUT2D eigenvalue weighted by Gasteiger charge is -2.14. The van der Waals surface area contributed by atoms with Gasteiger partial charge in [0.1, 0.15) is 17.3 Å². The maximum Gasteiger partial charge on any atom is 0.417 e. The number of halogens is 3. The first-order chi connectivity index (χ1) is 9.86. The number of benzene rings is 1. The Labute approximate surface area is 126 Å². The van der Waals surface area contributed by atoms with Crippen LogP contribution in [0.4, 0.5) is 13.2 Å². The van der Waals surface area contributed by atoms with Crippen LogP contribution in [-0.2, 0) is 15.7 Å². The Bertz CT molecular complexity index is 480. The lowest BCUT2D eigenvalue weighted by atomic mass is 10.1. The molecular weight excluding hydrogens is 307 g/mol. The molecule has 0 aromatic heterocycles. The standard InChI is InChI=1S/C13H16F3NO3S/c1-18-4-5-19-6-7-20-9-2-3-10(12(17)21)11(8-9)13(14,15)16/h2-3,8H,4-7H2,1H3,(H2,17,21). The zero-order chi connectivity index (χ0) is 15.9. The Balaban J connectivity index is 2.66. The van der Waals surface area contributed by atoms with Gasteiger partial charge < -0.3 is 19.9 Å². The molecule has 1 aromatic carbocycles. The van der Waals surface area contributed by atoms with E-state index in [-0.39, 0.29) is 29.5 Å². The predicted molar refractivity (Wildman–Crippen MR) is 75.5 cm³/mol. The Kier molecular flexibility index (Phi) is 6.86. The van der Waals surface area contributed by atoms with Crippen molar-refractivity contribution in [2.45, 2.75) is 6.18 Å². The molecular formula is C13H16F3NO3S. The molecule has 0 spiro atoms. The minimum absolute atomic E-state index is 0.0812. The van der Waals surface area contributed by atoms with E-state index >= 15 is 0 Å². The second-order valence-electron chi connectivity index (χ2n) is 4.02. The molecule has 118 valence electrons. The van der Waals surface area contributed by atoms with Crippen LogP contribution in [0.3, 0.4) is 0 Å². The second kappa shape index (κ2) is 8.16. The van der Waals surface area contributed by atoms with Crippen molar-refractivity contribution in [3.05, 3.63) is 29.3 Å². The van der Waals surface area contributed by atoms with E-state index in [1.54, 1.807) is 7.11 Å². The zero-order valence-corrected chi connectivity index (χ0v) is 12.2. The van der Waals surface area contributed by atoms with Crippen molar-refractivity contribution in [3.8, 4) is 5.75 Å². The van der Waals surface area contributed by atoms with Crippen molar-refractivity contribution in [1.82, 2.24) is 0 Å². The van der Waals surface area contributed by atoms with Crippen molar-refractivity contribution < 1.29 is 27.4 Å². The first-order valence-electron chi connectivity index (χ1n) is 6.06. The van der Waals surface area contributed by atoms with Gasteiger partial charge in [-0.25, -0.2) is 0 Å². The Morgan fingerprint density at radius 1 is 1.19 bits per heavy atom. The van der Waals surface area contributed by atoms with Crippen LogP contribution in [0, 0.1) is 0 Å². The molecule has 0 saturated heterocycles. The zero-order valence-electron chi connectivity index (χ0n) is 11.4. The van der Waals surface area contributed by atoms with Gasteiger partial charge in [-0.2, -0.15) is 13.2 Å². The molecule has 0 aliphatic rings. The summed E-state index contributed by atoms with van der Waals surface area (Å²) in [5.41, 5.74) is 4.16. The van der Waals surface area contributed by atoms with Gasteiger partial charge >= 0.3 is 6.18 Å². The first kappa shape index (κ1) is 17.7. The Morgan fingerprint density at radius 2 is 1.86 bits per heavy atom. The molecule has 0 amide bonds. The predicted octanol–water partition coefficient (Wildman–Crippen LogP) is 2.38. The van der Waals surface area contributed by atoms with Gasteiger partial charge in [-0.15, -0.1) is 0 Å². The van der Waals surface area contributed by atoms with Gasteiger partial charge in [0, 0.05) is 12.7 Å². The number of alkyl halides is 3. The Morgan fingerprint density at radius 3 is 2.43 bits per heavy atom. The minimum atomic E-state index is -4.55. The van der Waals surface area contributed by atoms with E-state index in [1.165, 1.54) is 12.1 Å². The van der Waals surface area contributed by atoms with Crippen LogP contribution < -0.4 is 10.5 Å². The average Bonchev–Trinajstić information content (AvgIpc) is 2.41. The van der Waals surface area contributed by atoms with E-state index in [0.717, 1.165) is 6.07 Å². The molecule has 0 heterocycles. The van der Waals surface area contributed by atoms with Crippen LogP contribution in [-0.4, -0.2) is 38.5 Å². The number of methoxy groups -OCH3 is 1. The van der Waals surface area contributed by atoms with Crippen molar-refractivity contribution >= 4 is 17.2 Å². The molecule has 0 fully saturated rings. The van der Waals surface area contributed by atoms with E-state index in [1.807, 2.05) is 0 Å². The minimum Gasteiger partial charge on any atom is -0.491 e. The summed E-state index contributed by atoms with van der Waals surface area (Å²) in [7, 11) is 1.54. The quantitative estimate of drug-likeness (QED) is 0.588. The molecule has 0 bridgehead atoms. The maximum absolute atomic E-state index is 12.9. The SMILES string of the molecule is COCCOCCOc1ccc(C(N)=S)c(C(F)(F)F)c1. The maximum atomic E-state index is 12.9. The van der Waals surface area contributed by atoms with Crippen molar-refractivity contribution in [2.24, 2.45) is 5.73 Å². The smallest absolute Gasteiger partial charge is 0.417 e. The van der Waals surface area contributed by atoms with E-state index in [9.17, 15) is 13.2 Å². The second-order valence-corrected chi connectivity index (χ2v) is 4.46. The van der Waals surface area contributed by atoms with E-state index in [4.69, 9.17) is 19.9 Å². The van der Waals surface area contributed by atoms with Crippen LogP contribution in [0.2, 0.25) is 0 Å². The average molecular weight is 323 g/mol. The number of nitrogens with two attached hydrogens (primary N) is 1. The van der Waals surface area contributed by atoms with Crippen molar-refractivity contribution in [2.75, 3.05) is 33.5 Å². The summed E-state index contributed by atoms with van der Waals surface area (Å²) in [6, 6.07) is 3.47. The van der Waals surface area contributed by atoms with E-state index in [0.29, 0.717) is 13.2 Å². The third kappa shape index (κ3) is 5.86. The number of hydrogen-bond donors (Lipinski definition) is 1. The van der Waals surface area contributed by atoms with Gasteiger partial charge in [0.2, 0.25) is 0 Å². The summed E-state index contributed by atoms with van der Waals surface area (Å²) in [4.78, 5) is -0.309. The van der Waals surface area contributed by atoms with Gasteiger partial charge in [-0.3, -0.25) is 0 Å². The summed E-state index contributed by atoms with van der Waals surface area (Å²) in [5, 5.41) is 0. The van der Waals surface area contributed by atoms with Gasteiger partial charge in [-0.05, 0) is 18.2 Å². The van der Waals surface area contributed by atoms with Crippen LogP contribution in [0.5, 0.6) is 5.75 Å². The highest BCUT2D eigenvalue weighted by atomic mass is 32.1. The van der Waals surface area contributed by atoms with Crippen LogP contribution in [0.25, 0.3) is 0 Å². The molecule has 8 heteroatoms. The third-order valence-corrected chi connectivity index (χ3v) is 2.71. The topological polar surface area (TPSA) is 53.7 Å². The molecule has 21 heavy (non-hydrogen) atoms. The van der Waals surface area contributed by atoms with Gasteiger partial charge in [-0.1, -0.05) is 12.2 Å². The van der Waals surface area contributed by atoms with Crippen molar-refractivity contribution in [1.29, 1.82) is 0 Å². The number of rotatable bonds is 8. The normalized spacial score (nSPS) is 11.4. The molecule has 0 atom stereocenters. The number of hydrogen-bond acceptors (Lipinski definition) is 4. The molecule has 0 aliphatic carbocycles. The first-order valence-corrected chi connectivity index (χ1v) is 6.47. The fraction of sp³-hybridized carbons (Fsp3) is 0.462. The molecule has 4 nitrogen and oxygen atoms in total. The Hall–Kier alpha value is -1.38. The molecule has 0 unspecified atom stereocenters. The van der Waals surface area contributed by atoms with Crippen LogP contribution in [0.1, 0.15) is 11.1 Å². The fourth-order valence-corrected chi connectivity index (χ4v) is 1.70. The van der Waals surface area contributed by atoms with Crippen molar-refractivity contribution in [3.63, 3.8) is 0 Å². The third-order valence-electron chi connectivity index (χ3n) is 2.49. The summed E-state index contributed by atoms with van der Waals surface area (Å²) in [6.07, 6.45) is -4.55. The lowest BCUT2D eigenvalue weighted by molar-refractivity contribution is -0.137. The summed E-state index contributed by atoms with van der Waals surface area (Å²) < 4.78 is 53.9. The molecule has 0 radical (unpaired) electrons. The molecule has 1 aromatic rings. The number of ether oxygens (including phenoxy) is 3. The molecule has 1 rings (SSSR count). The molecule has 0 aliphatic heterocycles. The van der Waals surface area contributed by atoms with E-state index in [2.05, 4.69) is 12.2 Å².